The van der Waals surface area contributed by atoms with Crippen LogP contribution in [0.3, 0.4) is 0 Å². The van der Waals surface area contributed by atoms with Crippen LogP contribution in [-0.2, 0) is 0 Å². The number of thioether (sulfide) groups is 1. The number of anilines is 2. The van der Waals surface area contributed by atoms with Gasteiger partial charge >= 0.3 is 0 Å². The van der Waals surface area contributed by atoms with Gasteiger partial charge in [-0.3, -0.25) is 0 Å². The van der Waals surface area contributed by atoms with Gasteiger partial charge in [0.2, 0.25) is 0 Å². The van der Waals surface area contributed by atoms with Crippen LogP contribution >= 0.6 is 11.8 Å². The van der Waals surface area contributed by atoms with Crippen LogP contribution in [0, 0.1) is 6.92 Å². The lowest BCUT2D eigenvalue weighted by Crippen LogP contribution is -2.37. The number of nitrogens with two attached hydrogens (primary N) is 1. The van der Waals surface area contributed by atoms with Gasteiger partial charge < -0.3 is 10.6 Å². The van der Waals surface area contributed by atoms with Gasteiger partial charge in [-0.2, -0.15) is 11.8 Å². The molecule has 1 atom stereocenters. The van der Waals surface area contributed by atoms with E-state index in [-0.39, 0.29) is 0 Å². The van der Waals surface area contributed by atoms with Crippen LogP contribution in [0.25, 0.3) is 0 Å². The van der Waals surface area contributed by atoms with E-state index in [9.17, 15) is 0 Å². The lowest BCUT2D eigenvalue weighted by molar-refractivity contribution is 0.770. The lowest BCUT2D eigenvalue weighted by Gasteiger charge is -2.32. The van der Waals surface area contributed by atoms with Gasteiger partial charge in [0, 0.05) is 29.8 Å². The molecule has 1 aromatic heterocycles. The van der Waals surface area contributed by atoms with Crippen molar-refractivity contribution in [3.8, 4) is 0 Å². The third-order valence-corrected chi connectivity index (χ3v) is 3.72. The van der Waals surface area contributed by atoms with E-state index in [0.29, 0.717) is 5.25 Å². The third kappa shape index (κ3) is 2.37. The van der Waals surface area contributed by atoms with Gasteiger partial charge in [0.1, 0.15) is 0 Å². The molecule has 82 valence electrons. The van der Waals surface area contributed by atoms with Crippen molar-refractivity contribution in [3.63, 3.8) is 0 Å². The highest BCUT2D eigenvalue weighted by molar-refractivity contribution is 8.00. The van der Waals surface area contributed by atoms with Crippen LogP contribution in [-0.4, -0.2) is 29.1 Å². The summed E-state index contributed by atoms with van der Waals surface area (Å²) in [5.74, 6) is 2.12. The molecule has 0 saturated carbocycles. The normalized spacial score (nSPS) is 21.7. The molecule has 0 aliphatic carbocycles. The minimum absolute atomic E-state index is 0.667. The van der Waals surface area contributed by atoms with Gasteiger partial charge in [-0.05, 0) is 19.1 Å². The first kappa shape index (κ1) is 10.6. The number of pyridine rings is 1. The summed E-state index contributed by atoms with van der Waals surface area (Å²) in [5, 5.41) is 0.667. The molecular weight excluding hydrogens is 206 g/mol. The molecule has 1 aromatic rings. The molecular formula is C11H17N3S. The van der Waals surface area contributed by atoms with Crippen molar-refractivity contribution >= 4 is 23.3 Å². The zero-order valence-corrected chi connectivity index (χ0v) is 10.0. The average molecular weight is 223 g/mol. The van der Waals surface area contributed by atoms with Crippen LogP contribution in [0.5, 0.6) is 0 Å². The first-order valence-electron chi connectivity index (χ1n) is 5.26. The summed E-state index contributed by atoms with van der Waals surface area (Å²) in [6.45, 7) is 6.36. The first-order chi connectivity index (χ1) is 7.16. The molecule has 1 aliphatic heterocycles. The summed E-state index contributed by atoms with van der Waals surface area (Å²) in [5.41, 5.74) is 7.78. The fourth-order valence-electron chi connectivity index (χ4n) is 1.82. The molecule has 2 rings (SSSR count). The fraction of sp³-hybridized carbons (Fsp3) is 0.545. The Morgan fingerprint density at radius 3 is 3.07 bits per heavy atom. The number of nitrogens with zero attached hydrogens (tertiary/aromatic N) is 2. The molecule has 1 saturated heterocycles. The summed E-state index contributed by atoms with van der Waals surface area (Å²) < 4.78 is 0. The van der Waals surface area contributed by atoms with Crippen molar-refractivity contribution in [1.82, 2.24) is 4.98 Å². The van der Waals surface area contributed by atoms with Crippen molar-refractivity contribution in [2.75, 3.05) is 29.5 Å². The minimum Gasteiger partial charge on any atom is -0.396 e. The Balaban J connectivity index is 2.24. The second-order valence-corrected chi connectivity index (χ2v) is 5.54. The van der Waals surface area contributed by atoms with Crippen LogP contribution in [0.15, 0.2) is 12.1 Å². The number of rotatable bonds is 1. The van der Waals surface area contributed by atoms with Crippen LogP contribution < -0.4 is 10.6 Å². The predicted octanol–water partition coefficient (Wildman–Crippen LogP) is 1.91. The lowest BCUT2D eigenvalue weighted by atomic mass is 10.3. The minimum atomic E-state index is 0.667. The van der Waals surface area contributed by atoms with Gasteiger partial charge in [0.25, 0.3) is 0 Å². The SMILES string of the molecule is Cc1ccc(N)c(N2CCSC(C)C2)n1. The number of aromatic nitrogens is 1. The molecule has 4 heteroatoms. The van der Waals surface area contributed by atoms with Gasteiger partial charge in [-0.1, -0.05) is 6.92 Å². The zero-order chi connectivity index (χ0) is 10.8. The highest BCUT2D eigenvalue weighted by atomic mass is 32.2. The fourth-order valence-corrected chi connectivity index (χ4v) is 2.83. The molecule has 0 radical (unpaired) electrons. The number of hydrogen-bond acceptors (Lipinski definition) is 4. The summed E-state index contributed by atoms with van der Waals surface area (Å²) in [4.78, 5) is 6.82. The van der Waals surface area contributed by atoms with Gasteiger partial charge in [0.15, 0.2) is 5.82 Å². The van der Waals surface area contributed by atoms with E-state index in [1.54, 1.807) is 0 Å². The van der Waals surface area contributed by atoms with Crippen molar-refractivity contribution in [2.24, 2.45) is 0 Å². The summed E-state index contributed by atoms with van der Waals surface area (Å²) in [6.07, 6.45) is 0. The van der Waals surface area contributed by atoms with E-state index in [1.165, 1.54) is 0 Å². The topological polar surface area (TPSA) is 42.1 Å². The molecule has 0 spiro atoms. The van der Waals surface area contributed by atoms with E-state index >= 15 is 0 Å². The quantitative estimate of drug-likeness (QED) is 0.790. The van der Waals surface area contributed by atoms with Gasteiger partial charge in [-0.15, -0.1) is 0 Å². The van der Waals surface area contributed by atoms with Crippen molar-refractivity contribution in [1.29, 1.82) is 0 Å². The molecule has 0 amide bonds. The Hall–Kier alpha value is -0.900. The second kappa shape index (κ2) is 4.31. The smallest absolute Gasteiger partial charge is 0.152 e. The summed E-state index contributed by atoms with van der Waals surface area (Å²) in [7, 11) is 0. The van der Waals surface area contributed by atoms with E-state index in [2.05, 4.69) is 16.8 Å². The Morgan fingerprint density at radius 1 is 1.53 bits per heavy atom. The van der Waals surface area contributed by atoms with E-state index < -0.39 is 0 Å². The molecule has 0 bridgehead atoms. The van der Waals surface area contributed by atoms with Gasteiger partial charge in [-0.25, -0.2) is 4.98 Å². The zero-order valence-electron chi connectivity index (χ0n) is 9.23. The summed E-state index contributed by atoms with van der Waals surface area (Å²) >= 11 is 2.02. The molecule has 1 aliphatic rings. The average Bonchev–Trinajstić information content (AvgIpc) is 2.22. The largest absolute Gasteiger partial charge is 0.396 e. The molecule has 0 aromatic carbocycles. The van der Waals surface area contributed by atoms with Crippen LogP contribution in [0.4, 0.5) is 11.5 Å². The number of hydrogen-bond donors (Lipinski definition) is 1. The monoisotopic (exact) mass is 223 g/mol. The standard InChI is InChI=1S/C11H17N3S/c1-8-3-4-10(12)11(13-8)14-5-6-15-9(2)7-14/h3-4,9H,5-7,12H2,1-2H3. The Kier molecular flexibility index (Phi) is 3.05. The maximum absolute atomic E-state index is 5.95. The molecule has 1 fully saturated rings. The van der Waals surface area contributed by atoms with E-state index in [1.807, 2.05) is 30.8 Å². The van der Waals surface area contributed by atoms with Crippen molar-refractivity contribution in [3.05, 3.63) is 17.8 Å². The Morgan fingerprint density at radius 2 is 2.33 bits per heavy atom. The first-order valence-corrected chi connectivity index (χ1v) is 6.31. The van der Waals surface area contributed by atoms with Crippen molar-refractivity contribution in [2.45, 2.75) is 19.1 Å². The maximum atomic E-state index is 5.95. The highest BCUT2D eigenvalue weighted by Crippen LogP contribution is 2.26. The van der Waals surface area contributed by atoms with Crippen molar-refractivity contribution < 1.29 is 0 Å². The predicted molar refractivity (Wildman–Crippen MR) is 67.5 cm³/mol. The molecule has 15 heavy (non-hydrogen) atoms. The van der Waals surface area contributed by atoms with E-state index in [0.717, 1.165) is 36.0 Å². The molecule has 1 unspecified atom stereocenters. The Bertz CT molecular complexity index is 354. The number of aryl methyl sites for hydroxylation is 1. The van der Waals surface area contributed by atoms with E-state index in [4.69, 9.17) is 5.73 Å². The Labute approximate surface area is 95.1 Å². The third-order valence-electron chi connectivity index (χ3n) is 2.59. The number of nitrogen functional groups attached to an aromatic ring is 1. The van der Waals surface area contributed by atoms with Gasteiger partial charge in [0.05, 0.1) is 5.69 Å². The highest BCUT2D eigenvalue weighted by Gasteiger charge is 2.19. The van der Waals surface area contributed by atoms with Crippen LogP contribution in [0.1, 0.15) is 12.6 Å². The molecule has 3 nitrogen and oxygen atoms in total. The molecule has 2 N–H and O–H groups in total. The summed E-state index contributed by atoms with van der Waals surface area (Å²) in [6, 6.07) is 3.91. The maximum Gasteiger partial charge on any atom is 0.152 e. The van der Waals surface area contributed by atoms with Crippen LogP contribution in [0.2, 0.25) is 0 Å². The molecule has 2 heterocycles. The second-order valence-electron chi connectivity index (χ2n) is 3.99.